The maximum atomic E-state index is 13.2. The van der Waals surface area contributed by atoms with Gasteiger partial charge in [-0.2, -0.15) is 0 Å². The normalized spacial score (nSPS) is 10.7. The number of aryl methyl sites for hydroxylation is 1. The van der Waals surface area contributed by atoms with Crippen LogP contribution in [0.2, 0.25) is 0 Å². The number of hydrogen-bond acceptors (Lipinski definition) is 4. The minimum absolute atomic E-state index is 0.186. The maximum Gasteiger partial charge on any atom is 0.266 e. The minimum atomic E-state index is -0.304. The number of para-hydroxylation sites is 2. The summed E-state index contributed by atoms with van der Waals surface area (Å²) in [6, 6.07) is 21.5. The van der Waals surface area contributed by atoms with Gasteiger partial charge in [-0.05, 0) is 56.3 Å². The Morgan fingerprint density at radius 1 is 1.03 bits per heavy atom. The predicted molar refractivity (Wildman–Crippen MR) is 118 cm³/mol. The second-order valence-electron chi connectivity index (χ2n) is 6.75. The van der Waals surface area contributed by atoms with Crippen LogP contribution in [0.1, 0.15) is 23.1 Å². The molecular formula is C24H21N3O3. The third-order valence-corrected chi connectivity index (χ3v) is 4.74. The zero-order chi connectivity index (χ0) is 21.1. The van der Waals surface area contributed by atoms with Crippen molar-refractivity contribution in [3.8, 4) is 11.4 Å². The van der Waals surface area contributed by atoms with Crippen molar-refractivity contribution in [3.63, 3.8) is 0 Å². The second-order valence-corrected chi connectivity index (χ2v) is 6.75. The van der Waals surface area contributed by atoms with E-state index in [1.54, 1.807) is 47.9 Å². The van der Waals surface area contributed by atoms with E-state index in [2.05, 4.69) is 10.3 Å². The molecule has 0 fully saturated rings. The first-order chi connectivity index (χ1) is 14.6. The topological polar surface area (TPSA) is 73.2 Å². The Labute approximate surface area is 173 Å². The largest absolute Gasteiger partial charge is 0.493 e. The SMILES string of the molecule is CCOc1ccccc1C(=O)Nc1ccc2nc(C)n(-c3ccccc3)c(=O)c2c1. The van der Waals surface area contributed by atoms with Gasteiger partial charge >= 0.3 is 0 Å². The highest BCUT2D eigenvalue weighted by Crippen LogP contribution is 2.21. The molecule has 0 unspecified atom stereocenters. The van der Waals surface area contributed by atoms with Crippen molar-refractivity contribution >= 4 is 22.5 Å². The quantitative estimate of drug-likeness (QED) is 0.542. The molecule has 1 aromatic heterocycles. The van der Waals surface area contributed by atoms with Crippen molar-refractivity contribution in [1.82, 2.24) is 9.55 Å². The van der Waals surface area contributed by atoms with Gasteiger partial charge in [0.25, 0.3) is 11.5 Å². The molecule has 0 spiro atoms. The Kier molecular flexibility index (Phi) is 5.30. The molecule has 6 heteroatoms. The molecular weight excluding hydrogens is 378 g/mol. The second kappa shape index (κ2) is 8.21. The van der Waals surface area contributed by atoms with Gasteiger partial charge in [-0.1, -0.05) is 30.3 Å². The highest BCUT2D eigenvalue weighted by molar-refractivity contribution is 6.06. The summed E-state index contributed by atoms with van der Waals surface area (Å²) in [5.74, 6) is 0.810. The first kappa shape index (κ1) is 19.4. The maximum absolute atomic E-state index is 13.2. The zero-order valence-electron chi connectivity index (χ0n) is 16.8. The van der Waals surface area contributed by atoms with Gasteiger partial charge in [0.2, 0.25) is 0 Å². The molecule has 0 radical (unpaired) electrons. The van der Waals surface area contributed by atoms with E-state index >= 15 is 0 Å². The monoisotopic (exact) mass is 399 g/mol. The first-order valence-corrected chi connectivity index (χ1v) is 9.70. The Balaban J connectivity index is 1.73. The lowest BCUT2D eigenvalue weighted by molar-refractivity contribution is 0.102. The third-order valence-electron chi connectivity index (χ3n) is 4.74. The number of nitrogens with one attached hydrogen (secondary N) is 1. The number of fused-ring (bicyclic) bond motifs is 1. The number of carbonyl (C=O) groups excluding carboxylic acids is 1. The summed E-state index contributed by atoms with van der Waals surface area (Å²) in [7, 11) is 0. The van der Waals surface area contributed by atoms with E-state index < -0.39 is 0 Å². The van der Waals surface area contributed by atoms with Crippen molar-refractivity contribution < 1.29 is 9.53 Å². The number of hydrogen-bond donors (Lipinski definition) is 1. The average Bonchev–Trinajstić information content (AvgIpc) is 2.75. The smallest absolute Gasteiger partial charge is 0.266 e. The molecule has 150 valence electrons. The number of ether oxygens (including phenoxy) is 1. The van der Waals surface area contributed by atoms with Crippen LogP contribution >= 0.6 is 0 Å². The number of benzene rings is 3. The molecule has 0 aliphatic carbocycles. The predicted octanol–water partition coefficient (Wildman–Crippen LogP) is 4.35. The van der Waals surface area contributed by atoms with E-state index in [4.69, 9.17) is 4.74 Å². The molecule has 0 saturated carbocycles. The fourth-order valence-electron chi connectivity index (χ4n) is 3.39. The lowest BCUT2D eigenvalue weighted by Crippen LogP contribution is -2.22. The first-order valence-electron chi connectivity index (χ1n) is 9.70. The molecule has 3 aromatic carbocycles. The molecule has 0 aliphatic rings. The molecule has 0 aliphatic heterocycles. The van der Waals surface area contributed by atoms with Gasteiger partial charge in [-0.3, -0.25) is 14.2 Å². The number of anilines is 1. The summed E-state index contributed by atoms with van der Waals surface area (Å²) in [6.07, 6.45) is 0. The van der Waals surface area contributed by atoms with Gasteiger partial charge in [0.15, 0.2) is 0 Å². The van der Waals surface area contributed by atoms with Gasteiger partial charge in [0.1, 0.15) is 11.6 Å². The molecule has 6 nitrogen and oxygen atoms in total. The van der Waals surface area contributed by atoms with E-state index in [0.29, 0.717) is 40.3 Å². The number of aromatic nitrogens is 2. The summed E-state index contributed by atoms with van der Waals surface area (Å²) in [4.78, 5) is 30.5. The molecule has 1 N–H and O–H groups in total. The standard InChI is InChI=1S/C24H21N3O3/c1-3-30-22-12-8-7-11-19(22)23(28)26-17-13-14-21-20(15-17)24(29)27(16(2)25-21)18-9-5-4-6-10-18/h4-15H,3H2,1-2H3,(H,26,28). The average molecular weight is 399 g/mol. The van der Waals surface area contributed by atoms with Gasteiger partial charge in [-0.15, -0.1) is 0 Å². The highest BCUT2D eigenvalue weighted by atomic mass is 16.5. The fourth-order valence-corrected chi connectivity index (χ4v) is 3.39. The van der Waals surface area contributed by atoms with Crippen LogP contribution in [-0.2, 0) is 0 Å². The Hall–Kier alpha value is -3.93. The number of carbonyl (C=O) groups is 1. The van der Waals surface area contributed by atoms with E-state index in [1.165, 1.54) is 0 Å². The lowest BCUT2D eigenvalue weighted by Gasteiger charge is -2.13. The van der Waals surface area contributed by atoms with Crippen LogP contribution in [0.3, 0.4) is 0 Å². The summed E-state index contributed by atoms with van der Waals surface area (Å²) in [5.41, 5.74) is 2.09. The van der Waals surface area contributed by atoms with Crippen LogP contribution in [0.5, 0.6) is 5.75 Å². The van der Waals surface area contributed by atoms with Gasteiger partial charge in [-0.25, -0.2) is 4.98 Å². The summed E-state index contributed by atoms with van der Waals surface area (Å²) in [6.45, 7) is 4.13. The van der Waals surface area contributed by atoms with Crippen LogP contribution in [0.25, 0.3) is 16.6 Å². The Morgan fingerprint density at radius 3 is 2.53 bits per heavy atom. The van der Waals surface area contributed by atoms with E-state index in [9.17, 15) is 9.59 Å². The van der Waals surface area contributed by atoms with Crippen LogP contribution in [-0.4, -0.2) is 22.1 Å². The lowest BCUT2D eigenvalue weighted by atomic mass is 10.1. The fraction of sp³-hybridized carbons (Fsp3) is 0.125. The number of rotatable bonds is 5. The summed E-state index contributed by atoms with van der Waals surface area (Å²) in [5, 5.41) is 3.29. The molecule has 4 rings (SSSR count). The summed E-state index contributed by atoms with van der Waals surface area (Å²) < 4.78 is 7.11. The van der Waals surface area contributed by atoms with Crippen LogP contribution < -0.4 is 15.6 Å². The van der Waals surface area contributed by atoms with Crippen molar-refractivity contribution in [3.05, 3.63) is 94.5 Å². The van der Waals surface area contributed by atoms with Crippen LogP contribution in [0.15, 0.2) is 77.6 Å². The van der Waals surface area contributed by atoms with Gasteiger partial charge in [0, 0.05) is 5.69 Å². The minimum Gasteiger partial charge on any atom is -0.493 e. The zero-order valence-corrected chi connectivity index (χ0v) is 16.8. The summed E-state index contributed by atoms with van der Waals surface area (Å²) >= 11 is 0. The molecule has 1 amide bonds. The number of nitrogens with zero attached hydrogens (tertiary/aromatic N) is 2. The molecule has 1 heterocycles. The Bertz CT molecular complexity index is 1280. The third kappa shape index (κ3) is 3.67. The van der Waals surface area contributed by atoms with Crippen LogP contribution in [0.4, 0.5) is 5.69 Å². The highest BCUT2D eigenvalue weighted by Gasteiger charge is 2.14. The number of amides is 1. The van der Waals surface area contributed by atoms with E-state index in [0.717, 1.165) is 5.69 Å². The molecule has 0 bridgehead atoms. The van der Waals surface area contributed by atoms with E-state index in [-0.39, 0.29) is 11.5 Å². The molecule has 4 aromatic rings. The van der Waals surface area contributed by atoms with E-state index in [1.807, 2.05) is 43.3 Å². The molecule has 0 saturated heterocycles. The Morgan fingerprint density at radius 2 is 1.77 bits per heavy atom. The van der Waals surface area contributed by atoms with Gasteiger partial charge in [0.05, 0.1) is 28.8 Å². The van der Waals surface area contributed by atoms with Crippen molar-refractivity contribution in [2.75, 3.05) is 11.9 Å². The van der Waals surface area contributed by atoms with Gasteiger partial charge < -0.3 is 10.1 Å². The van der Waals surface area contributed by atoms with Crippen LogP contribution in [0, 0.1) is 6.92 Å². The molecule has 30 heavy (non-hydrogen) atoms. The van der Waals surface area contributed by atoms with Crippen molar-refractivity contribution in [2.45, 2.75) is 13.8 Å². The molecule has 0 atom stereocenters. The van der Waals surface area contributed by atoms with Crippen molar-refractivity contribution in [1.29, 1.82) is 0 Å². The van der Waals surface area contributed by atoms with Crippen molar-refractivity contribution in [2.24, 2.45) is 0 Å².